The molecule has 0 amide bonds. The summed E-state index contributed by atoms with van der Waals surface area (Å²) in [5.41, 5.74) is 0. The van der Waals surface area contributed by atoms with Crippen molar-refractivity contribution in [2.75, 3.05) is 18.0 Å². The zero-order valence-electron chi connectivity index (χ0n) is 7.40. The minimum Gasteiger partial charge on any atom is -0.356 e. The summed E-state index contributed by atoms with van der Waals surface area (Å²) in [4.78, 5) is 6.67. The van der Waals surface area contributed by atoms with Crippen molar-refractivity contribution in [1.82, 2.24) is 4.98 Å². The lowest BCUT2D eigenvalue weighted by Crippen LogP contribution is -2.19. The molecule has 64 valence electrons. The summed E-state index contributed by atoms with van der Waals surface area (Å²) in [7, 11) is 0. The first-order valence-electron chi connectivity index (χ1n) is 4.52. The van der Waals surface area contributed by atoms with Gasteiger partial charge in [0.25, 0.3) is 0 Å². The van der Waals surface area contributed by atoms with Crippen molar-refractivity contribution in [2.24, 2.45) is 5.92 Å². The highest BCUT2D eigenvalue weighted by Crippen LogP contribution is 2.20. The van der Waals surface area contributed by atoms with Crippen LogP contribution in [0.2, 0.25) is 0 Å². The number of anilines is 1. The van der Waals surface area contributed by atoms with E-state index in [1.165, 1.54) is 6.42 Å². The van der Waals surface area contributed by atoms with Crippen LogP contribution in [0.15, 0.2) is 24.4 Å². The van der Waals surface area contributed by atoms with E-state index in [1.54, 1.807) is 0 Å². The number of hydrogen-bond acceptors (Lipinski definition) is 2. The molecule has 1 aliphatic rings. The highest BCUT2D eigenvalue weighted by molar-refractivity contribution is 5.38. The topological polar surface area (TPSA) is 16.1 Å². The number of nitrogens with zero attached hydrogens (tertiary/aromatic N) is 2. The van der Waals surface area contributed by atoms with E-state index in [2.05, 4.69) is 22.9 Å². The lowest BCUT2D eigenvalue weighted by molar-refractivity contribution is 0.659. The summed E-state index contributed by atoms with van der Waals surface area (Å²) >= 11 is 0. The van der Waals surface area contributed by atoms with Crippen molar-refractivity contribution in [3.8, 4) is 0 Å². The Balaban J connectivity index is 2.11. The molecule has 2 heteroatoms. The third-order valence-electron chi connectivity index (χ3n) is 2.40. The van der Waals surface area contributed by atoms with Gasteiger partial charge in [-0.3, -0.25) is 0 Å². The minimum absolute atomic E-state index is 0.826. The first kappa shape index (κ1) is 7.59. The van der Waals surface area contributed by atoms with Gasteiger partial charge in [0.2, 0.25) is 0 Å². The predicted molar refractivity (Wildman–Crippen MR) is 50.2 cm³/mol. The van der Waals surface area contributed by atoms with E-state index in [1.807, 2.05) is 18.3 Å². The van der Waals surface area contributed by atoms with Crippen LogP contribution in [0.1, 0.15) is 13.3 Å². The predicted octanol–water partition coefficient (Wildman–Crippen LogP) is 1.93. The third-order valence-corrected chi connectivity index (χ3v) is 2.40. The Hall–Kier alpha value is -1.05. The molecule has 2 nitrogen and oxygen atoms in total. The van der Waals surface area contributed by atoms with E-state index in [0.29, 0.717) is 0 Å². The van der Waals surface area contributed by atoms with Crippen LogP contribution < -0.4 is 4.90 Å². The average molecular weight is 162 g/mol. The summed E-state index contributed by atoms with van der Waals surface area (Å²) in [5.74, 6) is 1.95. The van der Waals surface area contributed by atoms with Gasteiger partial charge in [0.15, 0.2) is 0 Å². The van der Waals surface area contributed by atoms with Crippen LogP contribution in [0.25, 0.3) is 0 Å². The van der Waals surface area contributed by atoms with Crippen molar-refractivity contribution in [2.45, 2.75) is 13.3 Å². The van der Waals surface area contributed by atoms with E-state index in [0.717, 1.165) is 24.8 Å². The molecule has 1 fully saturated rings. The largest absolute Gasteiger partial charge is 0.356 e. The van der Waals surface area contributed by atoms with Gasteiger partial charge in [0, 0.05) is 19.3 Å². The molecule has 0 radical (unpaired) electrons. The molecule has 1 aromatic heterocycles. The van der Waals surface area contributed by atoms with Gasteiger partial charge in [-0.05, 0) is 24.5 Å². The molecule has 0 bridgehead atoms. The first-order valence-corrected chi connectivity index (χ1v) is 4.52. The van der Waals surface area contributed by atoms with Crippen LogP contribution in [0.4, 0.5) is 5.82 Å². The van der Waals surface area contributed by atoms with Gasteiger partial charge in [0.05, 0.1) is 0 Å². The quantitative estimate of drug-likeness (QED) is 0.627. The molecular weight excluding hydrogens is 148 g/mol. The minimum atomic E-state index is 0.826. The highest BCUT2D eigenvalue weighted by Gasteiger charge is 2.18. The molecule has 2 heterocycles. The zero-order chi connectivity index (χ0) is 8.39. The SMILES string of the molecule is C[C@@H]1CCN(c2ccccn2)C1. The molecule has 0 spiro atoms. The van der Waals surface area contributed by atoms with Gasteiger partial charge in [-0.2, -0.15) is 0 Å². The van der Waals surface area contributed by atoms with E-state index in [4.69, 9.17) is 0 Å². The van der Waals surface area contributed by atoms with Gasteiger partial charge in [-0.25, -0.2) is 4.98 Å². The van der Waals surface area contributed by atoms with Crippen LogP contribution in [0.5, 0.6) is 0 Å². The smallest absolute Gasteiger partial charge is 0.128 e. The lowest BCUT2D eigenvalue weighted by atomic mass is 10.2. The van der Waals surface area contributed by atoms with E-state index in [9.17, 15) is 0 Å². The fraction of sp³-hybridized carbons (Fsp3) is 0.500. The summed E-state index contributed by atoms with van der Waals surface area (Å²) < 4.78 is 0. The average Bonchev–Trinajstić information content (AvgIpc) is 2.54. The first-order chi connectivity index (χ1) is 5.86. The molecule has 0 unspecified atom stereocenters. The standard InChI is InChI=1S/C10H14N2/c1-9-5-7-12(8-9)10-4-2-3-6-11-10/h2-4,6,9H,5,7-8H2,1H3/t9-/m1/s1. The van der Waals surface area contributed by atoms with E-state index >= 15 is 0 Å². The van der Waals surface area contributed by atoms with Crippen molar-refractivity contribution >= 4 is 5.82 Å². The van der Waals surface area contributed by atoms with Gasteiger partial charge >= 0.3 is 0 Å². The van der Waals surface area contributed by atoms with Crippen LogP contribution in [0, 0.1) is 5.92 Å². The number of pyridine rings is 1. The second-order valence-corrected chi connectivity index (χ2v) is 3.53. The molecular formula is C10H14N2. The van der Waals surface area contributed by atoms with E-state index in [-0.39, 0.29) is 0 Å². The van der Waals surface area contributed by atoms with Crippen molar-refractivity contribution in [1.29, 1.82) is 0 Å². The molecule has 1 aromatic rings. The maximum absolute atomic E-state index is 4.32. The molecule has 1 saturated heterocycles. The monoisotopic (exact) mass is 162 g/mol. The number of rotatable bonds is 1. The summed E-state index contributed by atoms with van der Waals surface area (Å²) in [5, 5.41) is 0. The van der Waals surface area contributed by atoms with Crippen LogP contribution in [-0.2, 0) is 0 Å². The van der Waals surface area contributed by atoms with Crippen LogP contribution in [0.3, 0.4) is 0 Å². The summed E-state index contributed by atoms with van der Waals surface area (Å²) in [6.45, 7) is 4.62. The molecule has 0 aliphatic carbocycles. The van der Waals surface area contributed by atoms with Crippen LogP contribution in [-0.4, -0.2) is 18.1 Å². The molecule has 0 aromatic carbocycles. The molecule has 0 N–H and O–H groups in total. The summed E-state index contributed by atoms with van der Waals surface area (Å²) in [6, 6.07) is 6.09. The number of hydrogen-bond donors (Lipinski definition) is 0. The third kappa shape index (κ3) is 1.42. The number of aromatic nitrogens is 1. The Kier molecular flexibility index (Phi) is 1.98. The Bertz CT molecular complexity index is 245. The molecule has 0 saturated carbocycles. The van der Waals surface area contributed by atoms with Crippen LogP contribution >= 0.6 is 0 Å². The normalized spacial score (nSPS) is 23.1. The van der Waals surface area contributed by atoms with Gasteiger partial charge in [0.1, 0.15) is 5.82 Å². The summed E-state index contributed by atoms with van der Waals surface area (Å²) in [6.07, 6.45) is 3.16. The second-order valence-electron chi connectivity index (χ2n) is 3.53. The Morgan fingerprint density at radius 1 is 1.50 bits per heavy atom. The fourth-order valence-corrected chi connectivity index (χ4v) is 1.68. The maximum atomic E-state index is 4.32. The van der Waals surface area contributed by atoms with Gasteiger partial charge < -0.3 is 4.90 Å². The van der Waals surface area contributed by atoms with Gasteiger partial charge in [-0.15, -0.1) is 0 Å². The molecule has 1 atom stereocenters. The Labute approximate surface area is 73.2 Å². The Morgan fingerprint density at radius 3 is 3.00 bits per heavy atom. The Morgan fingerprint density at radius 2 is 2.42 bits per heavy atom. The fourth-order valence-electron chi connectivity index (χ4n) is 1.68. The zero-order valence-corrected chi connectivity index (χ0v) is 7.40. The van der Waals surface area contributed by atoms with Gasteiger partial charge in [-0.1, -0.05) is 13.0 Å². The van der Waals surface area contributed by atoms with Crippen molar-refractivity contribution < 1.29 is 0 Å². The van der Waals surface area contributed by atoms with E-state index < -0.39 is 0 Å². The molecule has 1 aliphatic heterocycles. The molecule has 2 rings (SSSR count). The molecule has 12 heavy (non-hydrogen) atoms. The maximum Gasteiger partial charge on any atom is 0.128 e. The second kappa shape index (κ2) is 3.13. The lowest BCUT2D eigenvalue weighted by Gasteiger charge is -2.15. The van der Waals surface area contributed by atoms with Crippen molar-refractivity contribution in [3.63, 3.8) is 0 Å². The highest BCUT2D eigenvalue weighted by atomic mass is 15.2. The van der Waals surface area contributed by atoms with Crippen molar-refractivity contribution in [3.05, 3.63) is 24.4 Å².